The molecule has 0 aliphatic carbocycles. The zero-order valence-corrected chi connectivity index (χ0v) is 26.6. The Morgan fingerprint density at radius 2 is 1.12 bits per heavy atom. The lowest BCUT2D eigenvalue weighted by molar-refractivity contribution is -0.257. The van der Waals surface area contributed by atoms with E-state index < -0.39 is 73.8 Å². The number of carbonyl (C=O) groups is 3. The molecule has 11 heteroatoms. The number of aliphatic hydroxyl groups excluding tert-OH is 4. The van der Waals surface area contributed by atoms with Crippen LogP contribution in [0.25, 0.3) is 0 Å². The Bertz CT molecular complexity index is 762. The van der Waals surface area contributed by atoms with Crippen molar-refractivity contribution in [1.29, 1.82) is 0 Å². The molecule has 0 aromatic heterocycles. The van der Waals surface area contributed by atoms with Gasteiger partial charge in [-0.25, -0.2) is 0 Å². The SMILES string of the molecule is CCCCCCCCCCCCCCCC(=O)O[C@@H]1[C@H](OC(=O)CCC)[C@H](C[C@H](O)[C@H](O)CO)O[C@H](CO)[C@H]1OC(C)=O. The third-order valence-corrected chi connectivity index (χ3v) is 7.79. The quantitative estimate of drug-likeness (QED) is 0.0703. The predicted molar refractivity (Wildman–Crippen MR) is 160 cm³/mol. The highest BCUT2D eigenvalue weighted by Gasteiger charge is 2.52. The number of ether oxygens (including phenoxy) is 4. The van der Waals surface area contributed by atoms with Crippen LogP contribution >= 0.6 is 0 Å². The van der Waals surface area contributed by atoms with Crippen molar-refractivity contribution in [2.75, 3.05) is 13.2 Å². The van der Waals surface area contributed by atoms with Gasteiger partial charge < -0.3 is 39.4 Å². The smallest absolute Gasteiger partial charge is 0.306 e. The summed E-state index contributed by atoms with van der Waals surface area (Å²) in [6.07, 6.45) is 6.37. The fraction of sp³-hybridized carbons (Fsp3) is 0.906. The Morgan fingerprint density at radius 3 is 1.60 bits per heavy atom. The molecule has 0 spiro atoms. The molecule has 0 saturated carbocycles. The molecule has 1 heterocycles. The van der Waals surface area contributed by atoms with Gasteiger partial charge in [0, 0.05) is 26.2 Å². The molecule has 0 aromatic carbocycles. The first kappa shape index (κ1) is 39.2. The minimum absolute atomic E-state index is 0.0618. The maximum Gasteiger partial charge on any atom is 0.306 e. The van der Waals surface area contributed by atoms with E-state index >= 15 is 0 Å². The average Bonchev–Trinajstić information content (AvgIpc) is 2.97. The zero-order valence-electron chi connectivity index (χ0n) is 26.6. The minimum atomic E-state index is -1.49. The van der Waals surface area contributed by atoms with Crippen LogP contribution in [0.2, 0.25) is 0 Å². The van der Waals surface area contributed by atoms with Crippen molar-refractivity contribution in [2.45, 2.75) is 173 Å². The first-order valence-corrected chi connectivity index (χ1v) is 16.5. The molecule has 1 aliphatic rings. The Morgan fingerprint density at radius 1 is 0.628 bits per heavy atom. The van der Waals surface area contributed by atoms with Gasteiger partial charge in [-0.05, 0) is 12.8 Å². The van der Waals surface area contributed by atoms with Crippen molar-refractivity contribution in [1.82, 2.24) is 0 Å². The molecule has 11 nitrogen and oxygen atoms in total. The third-order valence-electron chi connectivity index (χ3n) is 7.79. The van der Waals surface area contributed by atoms with Crippen molar-refractivity contribution in [3.8, 4) is 0 Å². The first-order chi connectivity index (χ1) is 20.7. The third kappa shape index (κ3) is 16.2. The molecule has 0 aromatic rings. The molecular formula is C32H58O11. The lowest BCUT2D eigenvalue weighted by Crippen LogP contribution is -2.63. The van der Waals surface area contributed by atoms with E-state index in [1.807, 2.05) is 0 Å². The normalized spacial score (nSPS) is 23.4. The van der Waals surface area contributed by atoms with E-state index in [9.17, 15) is 34.8 Å². The van der Waals surface area contributed by atoms with Gasteiger partial charge in [0.15, 0.2) is 18.3 Å². The number of hydrogen-bond acceptors (Lipinski definition) is 11. The number of unbranched alkanes of at least 4 members (excludes halogenated alkanes) is 12. The Balaban J connectivity index is 2.76. The van der Waals surface area contributed by atoms with Gasteiger partial charge >= 0.3 is 17.9 Å². The lowest BCUT2D eigenvalue weighted by atomic mass is 9.90. The molecular weight excluding hydrogens is 560 g/mol. The van der Waals surface area contributed by atoms with Crippen LogP contribution in [0, 0.1) is 0 Å². The van der Waals surface area contributed by atoms with Crippen LogP contribution in [0.3, 0.4) is 0 Å². The van der Waals surface area contributed by atoms with Gasteiger partial charge in [0.2, 0.25) is 0 Å². The lowest BCUT2D eigenvalue weighted by Gasteiger charge is -2.45. The van der Waals surface area contributed by atoms with E-state index in [1.165, 1.54) is 57.8 Å². The monoisotopic (exact) mass is 618 g/mol. The second-order valence-corrected chi connectivity index (χ2v) is 11.7. The second-order valence-electron chi connectivity index (χ2n) is 11.7. The van der Waals surface area contributed by atoms with E-state index in [4.69, 9.17) is 18.9 Å². The molecule has 0 radical (unpaired) electrons. The van der Waals surface area contributed by atoms with E-state index in [0.717, 1.165) is 26.2 Å². The number of hydrogen-bond donors (Lipinski definition) is 4. The van der Waals surface area contributed by atoms with Crippen LogP contribution in [0.15, 0.2) is 0 Å². The number of rotatable bonds is 24. The molecule has 1 rings (SSSR count). The molecule has 1 aliphatic heterocycles. The fourth-order valence-electron chi connectivity index (χ4n) is 5.37. The summed E-state index contributed by atoms with van der Waals surface area (Å²) in [5.41, 5.74) is 0. The van der Waals surface area contributed by atoms with Crippen LogP contribution < -0.4 is 0 Å². The highest BCUT2D eigenvalue weighted by atomic mass is 16.6. The van der Waals surface area contributed by atoms with Crippen LogP contribution in [0.1, 0.15) is 130 Å². The van der Waals surface area contributed by atoms with Gasteiger partial charge in [-0.3, -0.25) is 14.4 Å². The van der Waals surface area contributed by atoms with Gasteiger partial charge in [-0.15, -0.1) is 0 Å². The first-order valence-electron chi connectivity index (χ1n) is 16.5. The molecule has 1 fully saturated rings. The van der Waals surface area contributed by atoms with E-state index in [0.29, 0.717) is 12.8 Å². The molecule has 0 bridgehead atoms. The Labute approximate surface area is 257 Å². The highest BCUT2D eigenvalue weighted by Crippen LogP contribution is 2.32. The summed E-state index contributed by atoms with van der Waals surface area (Å²) >= 11 is 0. The molecule has 252 valence electrons. The molecule has 43 heavy (non-hydrogen) atoms. The van der Waals surface area contributed by atoms with Crippen molar-refractivity contribution in [3.05, 3.63) is 0 Å². The predicted octanol–water partition coefficient (Wildman–Crippen LogP) is 3.89. The fourth-order valence-corrected chi connectivity index (χ4v) is 5.37. The molecule has 0 amide bonds. The Hall–Kier alpha value is -1.79. The van der Waals surface area contributed by atoms with E-state index in [2.05, 4.69) is 6.92 Å². The molecule has 1 saturated heterocycles. The van der Waals surface area contributed by atoms with Gasteiger partial charge in [0.25, 0.3) is 0 Å². The maximum atomic E-state index is 13.0. The van der Waals surface area contributed by atoms with Crippen molar-refractivity contribution < 1.29 is 53.8 Å². The largest absolute Gasteiger partial charge is 0.456 e. The van der Waals surface area contributed by atoms with Crippen LogP contribution in [-0.4, -0.2) is 94.3 Å². The number of esters is 3. The summed E-state index contributed by atoms with van der Waals surface area (Å²) in [5, 5.41) is 39.5. The summed E-state index contributed by atoms with van der Waals surface area (Å²) in [6, 6.07) is 0. The summed E-state index contributed by atoms with van der Waals surface area (Å²) in [6.45, 7) is 3.84. The molecule has 4 N–H and O–H groups in total. The standard InChI is InChI=1S/C32H58O11/c1-4-6-7-8-9-10-11-12-13-14-15-16-17-19-29(39)43-32-30(42-28(38)18-5-2)26(20-24(36)25(37)21-33)41-27(22-34)31(32)40-23(3)35/h24-27,30-34,36-37H,4-22H2,1-3H3/t24-,25+,26-,27+,30+,31+,32+/m0/s1. The summed E-state index contributed by atoms with van der Waals surface area (Å²) in [7, 11) is 0. The highest BCUT2D eigenvalue weighted by molar-refractivity contribution is 5.71. The second kappa shape index (κ2) is 23.6. The zero-order chi connectivity index (χ0) is 32.0. The minimum Gasteiger partial charge on any atom is -0.456 e. The topological polar surface area (TPSA) is 169 Å². The number of carbonyl (C=O) groups excluding carboxylic acids is 3. The van der Waals surface area contributed by atoms with Gasteiger partial charge in [0.1, 0.15) is 18.3 Å². The van der Waals surface area contributed by atoms with Crippen LogP contribution in [0.4, 0.5) is 0 Å². The summed E-state index contributed by atoms with van der Waals surface area (Å²) < 4.78 is 22.6. The summed E-state index contributed by atoms with van der Waals surface area (Å²) in [5.74, 6) is -1.90. The number of aliphatic hydroxyl groups is 4. The molecule has 7 atom stereocenters. The summed E-state index contributed by atoms with van der Waals surface area (Å²) in [4.78, 5) is 37.4. The van der Waals surface area contributed by atoms with E-state index in [-0.39, 0.29) is 19.3 Å². The van der Waals surface area contributed by atoms with Gasteiger partial charge in [0.05, 0.1) is 19.3 Å². The average molecular weight is 619 g/mol. The van der Waals surface area contributed by atoms with Crippen molar-refractivity contribution >= 4 is 17.9 Å². The van der Waals surface area contributed by atoms with Crippen LogP contribution in [-0.2, 0) is 33.3 Å². The van der Waals surface area contributed by atoms with Crippen LogP contribution in [0.5, 0.6) is 0 Å². The molecule has 0 unspecified atom stereocenters. The van der Waals surface area contributed by atoms with Crippen molar-refractivity contribution in [3.63, 3.8) is 0 Å². The van der Waals surface area contributed by atoms with Gasteiger partial charge in [-0.1, -0.05) is 90.9 Å². The van der Waals surface area contributed by atoms with E-state index in [1.54, 1.807) is 6.92 Å². The van der Waals surface area contributed by atoms with Crippen molar-refractivity contribution in [2.24, 2.45) is 0 Å². The van der Waals surface area contributed by atoms with Gasteiger partial charge in [-0.2, -0.15) is 0 Å². The Kier molecular flexibility index (Phi) is 21.5. The maximum absolute atomic E-state index is 13.0.